The lowest BCUT2D eigenvalue weighted by atomic mass is 9.89. The van der Waals surface area contributed by atoms with Crippen LogP contribution >= 0.6 is 0 Å². The molecule has 82 valence electrons. The van der Waals surface area contributed by atoms with Crippen LogP contribution in [0.1, 0.15) is 42.0 Å². The fourth-order valence-electron chi connectivity index (χ4n) is 2.33. The van der Waals surface area contributed by atoms with Gasteiger partial charge < -0.3 is 11.5 Å². The van der Waals surface area contributed by atoms with Crippen LogP contribution in [0.15, 0.2) is 18.2 Å². The Hall–Kier alpha value is -0.860. The van der Waals surface area contributed by atoms with Gasteiger partial charge in [-0.1, -0.05) is 18.2 Å². The fourth-order valence-corrected chi connectivity index (χ4v) is 2.33. The smallest absolute Gasteiger partial charge is 0.0307 e. The second kappa shape index (κ2) is 4.77. The third kappa shape index (κ3) is 2.39. The van der Waals surface area contributed by atoms with E-state index < -0.39 is 0 Å². The van der Waals surface area contributed by atoms with Crippen molar-refractivity contribution < 1.29 is 0 Å². The first-order valence-electron chi connectivity index (χ1n) is 5.88. The number of rotatable bonds is 3. The first-order valence-corrected chi connectivity index (χ1v) is 5.88. The summed E-state index contributed by atoms with van der Waals surface area (Å²) in [5.74, 6) is 0. The quantitative estimate of drug-likeness (QED) is 0.790. The SMILES string of the molecule is NCCC(N)c1ccc2c(c1)CCCC2. The molecule has 2 nitrogen and oxygen atoms in total. The summed E-state index contributed by atoms with van der Waals surface area (Å²) in [6, 6.07) is 6.82. The van der Waals surface area contributed by atoms with Crippen LogP contribution < -0.4 is 11.5 Å². The molecule has 1 aliphatic rings. The highest BCUT2D eigenvalue weighted by Gasteiger charge is 2.11. The van der Waals surface area contributed by atoms with Gasteiger partial charge in [0.05, 0.1) is 0 Å². The van der Waals surface area contributed by atoms with Gasteiger partial charge in [0.25, 0.3) is 0 Å². The van der Waals surface area contributed by atoms with E-state index in [0.717, 1.165) is 6.42 Å². The minimum absolute atomic E-state index is 0.113. The van der Waals surface area contributed by atoms with E-state index in [4.69, 9.17) is 11.5 Å². The van der Waals surface area contributed by atoms with Crippen molar-refractivity contribution in [2.24, 2.45) is 11.5 Å². The van der Waals surface area contributed by atoms with E-state index in [2.05, 4.69) is 18.2 Å². The summed E-state index contributed by atoms with van der Waals surface area (Å²) < 4.78 is 0. The van der Waals surface area contributed by atoms with E-state index in [0.29, 0.717) is 6.54 Å². The number of fused-ring (bicyclic) bond motifs is 1. The van der Waals surface area contributed by atoms with Crippen molar-refractivity contribution in [3.63, 3.8) is 0 Å². The number of nitrogens with two attached hydrogens (primary N) is 2. The molecule has 0 fully saturated rings. The van der Waals surface area contributed by atoms with E-state index in [1.54, 1.807) is 0 Å². The topological polar surface area (TPSA) is 52.0 Å². The van der Waals surface area contributed by atoms with Crippen molar-refractivity contribution in [3.05, 3.63) is 34.9 Å². The Morgan fingerprint density at radius 1 is 1.13 bits per heavy atom. The predicted octanol–water partition coefficient (Wildman–Crippen LogP) is 1.91. The maximum atomic E-state index is 6.06. The Labute approximate surface area is 91.7 Å². The largest absolute Gasteiger partial charge is 0.330 e. The molecular formula is C13H20N2. The van der Waals surface area contributed by atoms with Gasteiger partial charge in [-0.25, -0.2) is 0 Å². The summed E-state index contributed by atoms with van der Waals surface area (Å²) in [5, 5.41) is 0. The van der Waals surface area contributed by atoms with Crippen molar-refractivity contribution in [2.75, 3.05) is 6.54 Å². The van der Waals surface area contributed by atoms with Crippen LogP contribution in [-0.2, 0) is 12.8 Å². The molecule has 2 heteroatoms. The molecule has 0 aliphatic heterocycles. The minimum Gasteiger partial charge on any atom is -0.330 e. The lowest BCUT2D eigenvalue weighted by Crippen LogP contribution is -2.16. The normalized spacial score (nSPS) is 17.2. The second-order valence-corrected chi connectivity index (χ2v) is 4.42. The lowest BCUT2D eigenvalue weighted by molar-refractivity contribution is 0.650. The van der Waals surface area contributed by atoms with Crippen LogP contribution in [0.2, 0.25) is 0 Å². The van der Waals surface area contributed by atoms with E-state index >= 15 is 0 Å². The van der Waals surface area contributed by atoms with Gasteiger partial charge >= 0.3 is 0 Å². The number of aryl methyl sites for hydroxylation is 2. The van der Waals surface area contributed by atoms with Gasteiger partial charge in [-0.15, -0.1) is 0 Å². The Morgan fingerprint density at radius 3 is 2.60 bits per heavy atom. The Bertz CT molecular complexity index is 333. The molecule has 1 aliphatic carbocycles. The van der Waals surface area contributed by atoms with Gasteiger partial charge in [0.1, 0.15) is 0 Å². The molecule has 0 saturated carbocycles. The Kier molecular flexibility index (Phi) is 3.39. The van der Waals surface area contributed by atoms with Gasteiger partial charge in [0, 0.05) is 6.04 Å². The number of benzene rings is 1. The molecular weight excluding hydrogens is 184 g/mol. The zero-order chi connectivity index (χ0) is 10.7. The van der Waals surface area contributed by atoms with E-state index in [1.165, 1.54) is 42.4 Å². The molecule has 1 unspecified atom stereocenters. The summed E-state index contributed by atoms with van der Waals surface area (Å²) in [5.41, 5.74) is 15.9. The van der Waals surface area contributed by atoms with Gasteiger partial charge in [-0.2, -0.15) is 0 Å². The molecule has 0 radical (unpaired) electrons. The first kappa shape index (κ1) is 10.7. The van der Waals surface area contributed by atoms with Crippen LogP contribution in [-0.4, -0.2) is 6.54 Å². The molecule has 1 aromatic rings. The molecule has 0 heterocycles. The molecule has 2 rings (SSSR count). The van der Waals surface area contributed by atoms with Crippen LogP contribution in [0.4, 0.5) is 0 Å². The third-order valence-electron chi connectivity index (χ3n) is 3.28. The minimum atomic E-state index is 0.113. The predicted molar refractivity (Wildman–Crippen MR) is 63.7 cm³/mol. The van der Waals surface area contributed by atoms with Gasteiger partial charge in [0.2, 0.25) is 0 Å². The van der Waals surface area contributed by atoms with Crippen LogP contribution in [0.25, 0.3) is 0 Å². The lowest BCUT2D eigenvalue weighted by Gasteiger charge is -2.18. The average molecular weight is 204 g/mol. The molecule has 0 saturated heterocycles. The van der Waals surface area contributed by atoms with Crippen molar-refractivity contribution in [1.82, 2.24) is 0 Å². The standard InChI is InChI=1S/C13H20N2/c14-8-7-13(15)12-6-5-10-3-1-2-4-11(10)9-12/h5-6,9,13H,1-4,7-8,14-15H2. The van der Waals surface area contributed by atoms with Crippen molar-refractivity contribution in [1.29, 1.82) is 0 Å². The number of hydrogen-bond donors (Lipinski definition) is 2. The van der Waals surface area contributed by atoms with Gasteiger partial charge in [-0.3, -0.25) is 0 Å². The van der Waals surface area contributed by atoms with Crippen LogP contribution in [0, 0.1) is 0 Å². The highest BCUT2D eigenvalue weighted by Crippen LogP contribution is 2.24. The van der Waals surface area contributed by atoms with E-state index in [9.17, 15) is 0 Å². The van der Waals surface area contributed by atoms with Crippen molar-refractivity contribution in [2.45, 2.75) is 38.1 Å². The van der Waals surface area contributed by atoms with Crippen molar-refractivity contribution >= 4 is 0 Å². The summed E-state index contributed by atoms with van der Waals surface area (Å²) in [6.07, 6.45) is 5.99. The van der Waals surface area contributed by atoms with E-state index in [1.807, 2.05) is 0 Å². The fraction of sp³-hybridized carbons (Fsp3) is 0.538. The van der Waals surface area contributed by atoms with Gasteiger partial charge in [0.15, 0.2) is 0 Å². The summed E-state index contributed by atoms with van der Waals surface area (Å²) in [7, 11) is 0. The van der Waals surface area contributed by atoms with Crippen LogP contribution in [0.3, 0.4) is 0 Å². The molecule has 1 aromatic carbocycles. The summed E-state index contributed by atoms with van der Waals surface area (Å²) >= 11 is 0. The maximum Gasteiger partial charge on any atom is 0.0307 e. The van der Waals surface area contributed by atoms with Gasteiger partial charge in [-0.05, 0) is 55.3 Å². The molecule has 0 amide bonds. The molecule has 0 spiro atoms. The molecule has 1 atom stereocenters. The highest BCUT2D eigenvalue weighted by atomic mass is 14.7. The van der Waals surface area contributed by atoms with E-state index in [-0.39, 0.29) is 6.04 Å². The molecule has 4 N–H and O–H groups in total. The average Bonchev–Trinajstić information content (AvgIpc) is 2.29. The van der Waals surface area contributed by atoms with Crippen LogP contribution in [0.5, 0.6) is 0 Å². The highest BCUT2D eigenvalue weighted by molar-refractivity contribution is 5.35. The number of hydrogen-bond acceptors (Lipinski definition) is 2. The second-order valence-electron chi connectivity index (χ2n) is 4.42. The molecule has 15 heavy (non-hydrogen) atoms. The summed E-state index contributed by atoms with van der Waals surface area (Å²) in [4.78, 5) is 0. The van der Waals surface area contributed by atoms with Crippen molar-refractivity contribution in [3.8, 4) is 0 Å². The zero-order valence-electron chi connectivity index (χ0n) is 9.21. The third-order valence-corrected chi connectivity index (χ3v) is 3.28. The summed E-state index contributed by atoms with van der Waals surface area (Å²) in [6.45, 7) is 0.665. The maximum absolute atomic E-state index is 6.06. The molecule has 0 bridgehead atoms. The monoisotopic (exact) mass is 204 g/mol. The first-order chi connectivity index (χ1) is 7.31. The molecule has 0 aromatic heterocycles. The Morgan fingerprint density at radius 2 is 1.87 bits per heavy atom. The zero-order valence-corrected chi connectivity index (χ0v) is 9.21. The Balaban J connectivity index is 2.20.